The van der Waals surface area contributed by atoms with Gasteiger partial charge >= 0.3 is 0 Å². The highest BCUT2D eigenvalue weighted by atomic mass is 16.3. The van der Waals surface area contributed by atoms with Crippen LogP contribution in [0.5, 0.6) is 0 Å². The standard InChI is InChI=1S/C18H12O3/c1-11-9-14-16(20-11)8-7-13-15(19)10-17(21-18(13)14)12-5-3-2-4-6-12/h2-10H,1H3. The third-order valence-electron chi connectivity index (χ3n) is 3.57. The normalized spacial score (nSPS) is 11.3. The fraction of sp³-hybridized carbons (Fsp3) is 0.0556. The molecule has 0 unspecified atom stereocenters. The highest BCUT2D eigenvalue weighted by molar-refractivity contribution is 6.02. The summed E-state index contributed by atoms with van der Waals surface area (Å²) in [5, 5.41) is 1.41. The molecule has 4 aromatic rings. The van der Waals surface area contributed by atoms with Gasteiger partial charge in [-0.1, -0.05) is 30.3 Å². The largest absolute Gasteiger partial charge is 0.461 e. The summed E-state index contributed by atoms with van der Waals surface area (Å²) in [6, 6.07) is 16.6. The molecular weight excluding hydrogens is 264 g/mol. The van der Waals surface area contributed by atoms with E-state index in [2.05, 4.69) is 0 Å². The van der Waals surface area contributed by atoms with Gasteiger partial charge in [-0.25, -0.2) is 0 Å². The molecule has 0 amide bonds. The number of hydrogen-bond donors (Lipinski definition) is 0. The van der Waals surface area contributed by atoms with Crippen molar-refractivity contribution < 1.29 is 8.83 Å². The third-order valence-corrected chi connectivity index (χ3v) is 3.57. The average molecular weight is 276 g/mol. The van der Waals surface area contributed by atoms with Crippen LogP contribution in [0.4, 0.5) is 0 Å². The summed E-state index contributed by atoms with van der Waals surface area (Å²) in [6.45, 7) is 1.88. The maximum atomic E-state index is 12.3. The molecule has 0 radical (unpaired) electrons. The predicted octanol–water partition coefficient (Wildman–Crippen LogP) is 4.51. The molecule has 0 aliphatic rings. The molecule has 3 heteroatoms. The first-order valence-corrected chi connectivity index (χ1v) is 6.75. The maximum Gasteiger partial charge on any atom is 0.193 e. The van der Waals surface area contributed by atoms with E-state index in [0.29, 0.717) is 16.7 Å². The second-order valence-electron chi connectivity index (χ2n) is 5.05. The van der Waals surface area contributed by atoms with Crippen molar-refractivity contribution in [2.75, 3.05) is 0 Å². The van der Waals surface area contributed by atoms with Gasteiger partial charge in [-0.3, -0.25) is 4.79 Å². The molecule has 2 aromatic heterocycles. The van der Waals surface area contributed by atoms with Crippen LogP contribution in [0.3, 0.4) is 0 Å². The minimum Gasteiger partial charge on any atom is -0.461 e. The van der Waals surface area contributed by atoms with Crippen LogP contribution in [0.2, 0.25) is 0 Å². The van der Waals surface area contributed by atoms with E-state index < -0.39 is 0 Å². The number of rotatable bonds is 1. The zero-order chi connectivity index (χ0) is 14.4. The number of fused-ring (bicyclic) bond motifs is 3. The van der Waals surface area contributed by atoms with Crippen LogP contribution in [0, 0.1) is 6.92 Å². The molecule has 0 N–H and O–H groups in total. The first-order valence-electron chi connectivity index (χ1n) is 6.75. The van der Waals surface area contributed by atoms with Crippen molar-refractivity contribution in [3.63, 3.8) is 0 Å². The van der Waals surface area contributed by atoms with Crippen molar-refractivity contribution >= 4 is 21.9 Å². The van der Waals surface area contributed by atoms with Gasteiger partial charge in [-0.15, -0.1) is 0 Å². The molecule has 0 saturated heterocycles. The van der Waals surface area contributed by atoms with Crippen molar-refractivity contribution in [3.05, 3.63) is 70.6 Å². The van der Waals surface area contributed by atoms with Gasteiger partial charge in [-0.05, 0) is 25.1 Å². The van der Waals surface area contributed by atoms with Gasteiger partial charge in [0, 0.05) is 11.6 Å². The van der Waals surface area contributed by atoms with Crippen LogP contribution in [0.1, 0.15) is 5.76 Å². The Kier molecular flexibility index (Phi) is 2.48. The molecule has 102 valence electrons. The molecule has 0 atom stereocenters. The molecule has 0 bridgehead atoms. The molecule has 0 fully saturated rings. The van der Waals surface area contributed by atoms with Crippen molar-refractivity contribution in [3.8, 4) is 11.3 Å². The van der Waals surface area contributed by atoms with E-state index in [9.17, 15) is 4.79 Å². The van der Waals surface area contributed by atoms with Gasteiger partial charge < -0.3 is 8.83 Å². The number of hydrogen-bond acceptors (Lipinski definition) is 3. The summed E-state index contributed by atoms with van der Waals surface area (Å²) in [4.78, 5) is 12.3. The van der Waals surface area contributed by atoms with Gasteiger partial charge in [0.2, 0.25) is 0 Å². The van der Waals surface area contributed by atoms with Crippen molar-refractivity contribution in [2.24, 2.45) is 0 Å². The Labute approximate surface area is 120 Å². The van der Waals surface area contributed by atoms with Crippen molar-refractivity contribution in [1.29, 1.82) is 0 Å². The number of aryl methyl sites for hydroxylation is 1. The lowest BCUT2D eigenvalue weighted by molar-refractivity contribution is 0.578. The Morgan fingerprint density at radius 3 is 2.48 bits per heavy atom. The minimum absolute atomic E-state index is 0.0455. The van der Waals surface area contributed by atoms with E-state index in [1.807, 2.05) is 49.4 Å². The van der Waals surface area contributed by atoms with E-state index in [0.717, 1.165) is 22.3 Å². The van der Waals surface area contributed by atoms with E-state index >= 15 is 0 Å². The molecular formula is C18H12O3. The topological polar surface area (TPSA) is 43.4 Å². The Balaban J connectivity index is 2.12. The fourth-order valence-electron chi connectivity index (χ4n) is 2.60. The highest BCUT2D eigenvalue weighted by Crippen LogP contribution is 2.29. The van der Waals surface area contributed by atoms with E-state index in [1.54, 1.807) is 6.07 Å². The first kappa shape index (κ1) is 12.0. The first-order chi connectivity index (χ1) is 10.2. The van der Waals surface area contributed by atoms with Crippen LogP contribution in [-0.2, 0) is 0 Å². The summed E-state index contributed by atoms with van der Waals surface area (Å²) in [6.07, 6.45) is 0. The Morgan fingerprint density at radius 1 is 0.857 bits per heavy atom. The summed E-state index contributed by atoms with van der Waals surface area (Å²) in [7, 11) is 0. The van der Waals surface area contributed by atoms with E-state index in [1.165, 1.54) is 6.07 Å². The van der Waals surface area contributed by atoms with Gasteiger partial charge in [-0.2, -0.15) is 0 Å². The molecule has 3 nitrogen and oxygen atoms in total. The molecule has 0 spiro atoms. The fourth-order valence-corrected chi connectivity index (χ4v) is 2.60. The third kappa shape index (κ3) is 1.86. The molecule has 2 aromatic carbocycles. The van der Waals surface area contributed by atoms with Crippen molar-refractivity contribution in [1.82, 2.24) is 0 Å². The lowest BCUT2D eigenvalue weighted by atomic mass is 10.1. The van der Waals surface area contributed by atoms with Crippen LogP contribution in [0.15, 0.2) is 68.2 Å². The van der Waals surface area contributed by atoms with Gasteiger partial charge in [0.1, 0.15) is 22.7 Å². The van der Waals surface area contributed by atoms with E-state index in [-0.39, 0.29) is 5.43 Å². The minimum atomic E-state index is -0.0455. The summed E-state index contributed by atoms with van der Waals surface area (Å²) < 4.78 is 11.6. The zero-order valence-electron chi connectivity index (χ0n) is 11.4. The maximum absolute atomic E-state index is 12.3. The van der Waals surface area contributed by atoms with Crippen LogP contribution < -0.4 is 5.43 Å². The summed E-state index contributed by atoms with van der Waals surface area (Å²) in [5.41, 5.74) is 2.15. The van der Waals surface area contributed by atoms with Crippen LogP contribution in [-0.4, -0.2) is 0 Å². The molecule has 0 saturated carbocycles. The quantitative estimate of drug-likeness (QED) is 0.513. The highest BCUT2D eigenvalue weighted by Gasteiger charge is 2.12. The van der Waals surface area contributed by atoms with Gasteiger partial charge in [0.15, 0.2) is 5.43 Å². The summed E-state index contributed by atoms with van der Waals surface area (Å²) in [5.74, 6) is 1.37. The molecule has 4 rings (SSSR count). The second kappa shape index (κ2) is 4.35. The Morgan fingerprint density at radius 2 is 1.67 bits per heavy atom. The predicted molar refractivity (Wildman–Crippen MR) is 82.4 cm³/mol. The Hall–Kier alpha value is -2.81. The summed E-state index contributed by atoms with van der Waals surface area (Å²) >= 11 is 0. The van der Waals surface area contributed by atoms with Crippen LogP contribution in [0.25, 0.3) is 33.3 Å². The molecule has 0 aliphatic heterocycles. The van der Waals surface area contributed by atoms with Crippen LogP contribution >= 0.6 is 0 Å². The molecule has 2 heterocycles. The second-order valence-corrected chi connectivity index (χ2v) is 5.05. The monoisotopic (exact) mass is 276 g/mol. The molecule has 21 heavy (non-hydrogen) atoms. The molecule has 0 aliphatic carbocycles. The SMILES string of the molecule is Cc1cc2c(ccc3c(=O)cc(-c4ccccc4)oc32)o1. The van der Waals surface area contributed by atoms with Gasteiger partial charge in [0.05, 0.1) is 10.8 Å². The van der Waals surface area contributed by atoms with Crippen molar-refractivity contribution in [2.45, 2.75) is 6.92 Å². The smallest absolute Gasteiger partial charge is 0.193 e. The lowest BCUT2D eigenvalue weighted by Gasteiger charge is -2.03. The Bertz CT molecular complexity index is 1010. The van der Waals surface area contributed by atoms with Gasteiger partial charge in [0.25, 0.3) is 0 Å². The zero-order valence-corrected chi connectivity index (χ0v) is 11.4. The number of furan rings is 1. The number of benzene rings is 2. The average Bonchev–Trinajstić information content (AvgIpc) is 2.89. The van der Waals surface area contributed by atoms with E-state index in [4.69, 9.17) is 8.83 Å². The lowest BCUT2D eigenvalue weighted by Crippen LogP contribution is -2.00.